The maximum Gasteiger partial charge on any atom is -1.00 e. The van der Waals surface area contributed by atoms with Gasteiger partial charge in [0.1, 0.15) is 0 Å². The van der Waals surface area contributed by atoms with E-state index in [2.05, 4.69) is 219 Å². The molecule has 8 rings (SSSR count). The second-order valence-electron chi connectivity index (χ2n) is 18.1. The smallest absolute Gasteiger partial charge is 1.00 e. The molecule has 58 heavy (non-hydrogen) atoms. The molecular formula is C55H56Cl2Zr. The summed E-state index contributed by atoms with van der Waals surface area (Å²) >= 11 is -2.92. The van der Waals surface area contributed by atoms with Crippen molar-refractivity contribution in [2.75, 3.05) is 0 Å². The monoisotopic (exact) mass is 876 g/mol. The summed E-state index contributed by atoms with van der Waals surface area (Å²) in [5.41, 5.74) is 17.0. The first kappa shape index (κ1) is 43.7. The molecule has 0 radical (unpaired) electrons. The predicted molar refractivity (Wildman–Crippen MR) is 239 cm³/mol. The fourth-order valence-corrected chi connectivity index (χ4v) is 19.4. The molecule has 6 aromatic carbocycles. The molecule has 294 valence electrons. The summed E-state index contributed by atoms with van der Waals surface area (Å²) in [6.07, 6.45) is 8.35. The Bertz CT molecular complexity index is 2310. The zero-order chi connectivity index (χ0) is 39.2. The van der Waals surface area contributed by atoms with Crippen LogP contribution in [0.3, 0.4) is 0 Å². The second-order valence-corrected chi connectivity index (χ2v) is 24.5. The molecule has 6 aromatic rings. The number of fused-ring (bicyclic) bond motifs is 3. The van der Waals surface area contributed by atoms with E-state index in [9.17, 15) is 0 Å². The molecule has 2 atom stereocenters. The van der Waals surface area contributed by atoms with Crippen LogP contribution < -0.4 is 24.8 Å². The molecule has 0 N–H and O–H groups in total. The number of benzene rings is 6. The van der Waals surface area contributed by atoms with Crippen molar-refractivity contribution in [2.45, 2.75) is 88.1 Å². The molecule has 0 aromatic heterocycles. The van der Waals surface area contributed by atoms with Crippen LogP contribution in [0.5, 0.6) is 0 Å². The Morgan fingerprint density at radius 3 is 1.24 bits per heavy atom. The molecule has 0 saturated heterocycles. The maximum absolute atomic E-state index is 2.92. The van der Waals surface area contributed by atoms with Crippen molar-refractivity contribution >= 4 is 3.21 Å². The summed E-state index contributed by atoms with van der Waals surface area (Å²) in [7, 11) is 0. The van der Waals surface area contributed by atoms with Crippen LogP contribution in [0.2, 0.25) is 0 Å². The van der Waals surface area contributed by atoms with Gasteiger partial charge in [-0.05, 0) is 0 Å². The molecule has 0 heterocycles. The van der Waals surface area contributed by atoms with Gasteiger partial charge in [-0.3, -0.25) is 0 Å². The van der Waals surface area contributed by atoms with E-state index in [-0.39, 0.29) is 35.6 Å². The average Bonchev–Trinajstić information content (AvgIpc) is 3.86. The molecule has 0 bridgehead atoms. The van der Waals surface area contributed by atoms with Gasteiger partial charge >= 0.3 is 346 Å². The van der Waals surface area contributed by atoms with Crippen molar-refractivity contribution in [3.8, 4) is 33.4 Å². The third-order valence-electron chi connectivity index (χ3n) is 12.3. The van der Waals surface area contributed by atoms with Gasteiger partial charge in [-0.1, -0.05) is 0 Å². The Morgan fingerprint density at radius 1 is 0.517 bits per heavy atom. The number of hydrogen-bond acceptors (Lipinski definition) is 0. The molecule has 0 fully saturated rings. The molecule has 0 aliphatic heterocycles. The molecule has 2 aliphatic rings. The van der Waals surface area contributed by atoms with Crippen molar-refractivity contribution in [1.29, 1.82) is 0 Å². The van der Waals surface area contributed by atoms with Crippen LogP contribution in [-0.2, 0) is 32.1 Å². The summed E-state index contributed by atoms with van der Waals surface area (Å²) in [4.78, 5) is 0. The van der Waals surface area contributed by atoms with Crippen molar-refractivity contribution in [3.63, 3.8) is 0 Å². The van der Waals surface area contributed by atoms with Crippen molar-refractivity contribution < 1.29 is 46.1 Å². The molecule has 2 unspecified atom stereocenters. The minimum absolute atomic E-state index is 0. The molecule has 0 spiro atoms. The van der Waals surface area contributed by atoms with Gasteiger partial charge in [0.25, 0.3) is 0 Å². The summed E-state index contributed by atoms with van der Waals surface area (Å²) in [5.74, 6) is 0.638. The zero-order valence-electron chi connectivity index (χ0n) is 35.3. The fourth-order valence-electron chi connectivity index (χ4n) is 9.48. The topological polar surface area (TPSA) is 0 Å². The number of halogens is 2. The minimum Gasteiger partial charge on any atom is -1.00 e. The van der Waals surface area contributed by atoms with Crippen molar-refractivity contribution in [2.24, 2.45) is 0 Å². The first-order valence-electron chi connectivity index (χ1n) is 20.6. The number of allylic oxidation sites excluding steroid dienone is 4. The van der Waals surface area contributed by atoms with Crippen molar-refractivity contribution in [3.05, 3.63) is 200 Å². The zero-order valence-corrected chi connectivity index (χ0v) is 39.3. The fraction of sp³-hybridized carbons (Fsp3) is 0.255. The molecular weight excluding hydrogens is 823 g/mol. The van der Waals surface area contributed by atoms with Gasteiger partial charge in [-0.2, -0.15) is 0 Å². The summed E-state index contributed by atoms with van der Waals surface area (Å²) < 4.78 is 3.82. The first-order valence-corrected chi connectivity index (χ1v) is 24.5. The van der Waals surface area contributed by atoms with Gasteiger partial charge in [0.15, 0.2) is 0 Å². The molecule has 0 saturated carbocycles. The van der Waals surface area contributed by atoms with Crippen LogP contribution in [-0.4, -0.2) is 3.21 Å². The summed E-state index contributed by atoms with van der Waals surface area (Å²) in [6.45, 7) is 19.4. The van der Waals surface area contributed by atoms with Gasteiger partial charge in [0.2, 0.25) is 0 Å². The Kier molecular flexibility index (Phi) is 13.4. The number of hydrogen-bond donors (Lipinski definition) is 0. The van der Waals surface area contributed by atoms with E-state index >= 15 is 0 Å². The standard InChI is InChI=1S/C33H33.C17H18.C5H5.2ClH.Zr/c1-32(2,3)30-20-26-24(18-28(30)22-13-9-7-10-14-22)17-25-19-29(23-15-11-8-12-16-23)31(21-27(25)26)33(4,5)6;1-14(16-9-5-3-6-10-16)13-15(2)17-11-7-4-8-12-17;1-2-4-5-3-1;;;/h7-21H,1-6H3;3-12,14-15H,1-2H3;1-3H,4H2;2*1H;/q;;;;;+2/p-2. The van der Waals surface area contributed by atoms with Crippen LogP contribution in [0.25, 0.3) is 33.4 Å². The van der Waals surface area contributed by atoms with E-state index in [0.717, 1.165) is 6.42 Å². The van der Waals surface area contributed by atoms with Gasteiger partial charge in [0, 0.05) is 0 Å². The van der Waals surface area contributed by atoms with Crippen LogP contribution in [0.1, 0.15) is 111 Å². The van der Waals surface area contributed by atoms with Crippen LogP contribution in [0, 0.1) is 0 Å². The van der Waals surface area contributed by atoms with Gasteiger partial charge in [-0.25, -0.2) is 0 Å². The molecule has 0 amide bonds. The Hall–Kier alpha value is -3.87. The van der Waals surface area contributed by atoms with E-state index < -0.39 is 21.3 Å². The quantitative estimate of drug-likeness (QED) is 0.143. The predicted octanol–water partition coefficient (Wildman–Crippen LogP) is 8.94. The van der Waals surface area contributed by atoms with E-state index in [1.54, 1.807) is 6.49 Å². The number of rotatable bonds is 8. The van der Waals surface area contributed by atoms with Gasteiger partial charge in [-0.15, -0.1) is 0 Å². The minimum atomic E-state index is -2.92. The Balaban J connectivity index is 0.00000283. The molecule has 2 aliphatic carbocycles. The van der Waals surface area contributed by atoms with E-state index in [1.807, 2.05) is 0 Å². The Labute approximate surface area is 368 Å². The van der Waals surface area contributed by atoms with Crippen LogP contribution in [0.4, 0.5) is 0 Å². The van der Waals surface area contributed by atoms with E-state index in [1.165, 1.54) is 66.8 Å². The van der Waals surface area contributed by atoms with Crippen LogP contribution in [0.15, 0.2) is 167 Å². The Morgan fingerprint density at radius 2 is 0.897 bits per heavy atom. The first-order chi connectivity index (χ1) is 26.9. The van der Waals surface area contributed by atoms with E-state index in [4.69, 9.17) is 0 Å². The second kappa shape index (κ2) is 17.8. The normalized spacial score (nSPS) is 14.2. The third-order valence-corrected chi connectivity index (χ3v) is 21.5. The SMILES string of the molecule is CC([C](C(C)c1ccccc1)=[Zr+2]([C]1=CC=CC1)[CH]1c2cc(-c3ccccc3)c(C(C)(C)C)cc2-c2cc(C(C)(C)C)c(-c3ccccc3)cc21)c1ccccc1.[Cl-].[Cl-]. The molecule has 3 heteroatoms. The van der Waals surface area contributed by atoms with Crippen molar-refractivity contribution in [1.82, 2.24) is 0 Å². The molecule has 0 nitrogen and oxygen atoms in total. The maximum atomic E-state index is 2.66. The largest absolute Gasteiger partial charge is 1.00 e. The summed E-state index contributed by atoms with van der Waals surface area (Å²) in [5, 5.41) is 0. The van der Waals surface area contributed by atoms with E-state index in [0.29, 0.717) is 15.5 Å². The summed E-state index contributed by atoms with van der Waals surface area (Å²) in [6, 6.07) is 55.7. The average molecular weight is 879 g/mol. The van der Waals surface area contributed by atoms with Gasteiger partial charge in [0.05, 0.1) is 0 Å². The van der Waals surface area contributed by atoms with Crippen LogP contribution >= 0.6 is 0 Å². The third kappa shape index (κ3) is 8.43. The van der Waals surface area contributed by atoms with Gasteiger partial charge < -0.3 is 24.8 Å².